The average Bonchev–Trinajstić information content (AvgIpc) is 3.26. The molecule has 2 aliphatic heterocycles. The van der Waals surface area contributed by atoms with Gasteiger partial charge in [-0.1, -0.05) is 23.2 Å². The third-order valence-corrected chi connectivity index (χ3v) is 4.85. The number of nitrogens with one attached hydrogen (secondary N) is 2. The third-order valence-electron chi connectivity index (χ3n) is 4.37. The van der Waals surface area contributed by atoms with Crippen LogP contribution in [0.2, 0.25) is 10.0 Å². The maximum Gasteiger partial charge on any atom is 0.321 e. The van der Waals surface area contributed by atoms with Gasteiger partial charge in [-0.3, -0.25) is 14.9 Å². The predicted molar refractivity (Wildman–Crippen MR) is 92.1 cm³/mol. The molecule has 4 amide bonds. The van der Waals surface area contributed by atoms with E-state index in [-0.39, 0.29) is 24.9 Å². The monoisotopic (exact) mass is 394 g/mol. The Morgan fingerprint density at radius 3 is 2.54 bits per heavy atom. The molecule has 2 aliphatic rings. The summed E-state index contributed by atoms with van der Waals surface area (Å²) >= 11 is 11.9. The van der Waals surface area contributed by atoms with Gasteiger partial charge >= 0.3 is 6.03 Å². The largest absolute Gasteiger partial charge is 0.323 e. The molecule has 0 aromatic carbocycles. The number of carbonyl (C=O) groups excluding carboxylic acids is 3. The summed E-state index contributed by atoms with van der Waals surface area (Å²) in [5, 5.41) is 9.80. The fraction of sp³-hybridized carbons (Fsp3) is 0.267. The van der Waals surface area contributed by atoms with Gasteiger partial charge < -0.3 is 10.2 Å². The smallest absolute Gasteiger partial charge is 0.321 e. The van der Waals surface area contributed by atoms with E-state index in [4.69, 9.17) is 23.2 Å². The minimum Gasteiger partial charge on any atom is -0.323 e. The number of halogens is 2. The highest BCUT2D eigenvalue weighted by Crippen LogP contribution is 2.29. The van der Waals surface area contributed by atoms with Crippen molar-refractivity contribution in [3.8, 4) is 5.82 Å². The molecule has 0 radical (unpaired) electrons. The van der Waals surface area contributed by atoms with Crippen molar-refractivity contribution in [1.82, 2.24) is 25.0 Å². The molecule has 9 nitrogen and oxygen atoms in total. The molecule has 0 saturated carbocycles. The van der Waals surface area contributed by atoms with E-state index in [0.717, 1.165) is 0 Å². The fourth-order valence-electron chi connectivity index (χ4n) is 3.09. The Morgan fingerprint density at radius 1 is 1.19 bits per heavy atom. The second-order valence-electron chi connectivity index (χ2n) is 6.03. The van der Waals surface area contributed by atoms with Gasteiger partial charge in [-0.25, -0.2) is 14.5 Å². The van der Waals surface area contributed by atoms with Crippen LogP contribution < -0.4 is 10.6 Å². The van der Waals surface area contributed by atoms with E-state index >= 15 is 0 Å². The lowest BCUT2D eigenvalue weighted by Gasteiger charge is -2.17. The molecule has 2 aromatic rings. The molecular formula is C15H12Cl2N6O3. The molecule has 2 fully saturated rings. The molecule has 2 atom stereocenters. The summed E-state index contributed by atoms with van der Waals surface area (Å²) in [5.41, 5.74) is 0.427. The highest BCUT2D eigenvalue weighted by Gasteiger charge is 2.48. The number of amides is 4. The fourth-order valence-corrected chi connectivity index (χ4v) is 3.56. The summed E-state index contributed by atoms with van der Waals surface area (Å²) in [6.45, 7) is 0.402. The highest BCUT2D eigenvalue weighted by atomic mass is 35.5. The lowest BCUT2D eigenvalue weighted by molar-refractivity contribution is -0.126. The van der Waals surface area contributed by atoms with Crippen LogP contribution >= 0.6 is 23.2 Å². The number of pyridine rings is 1. The molecule has 2 N–H and O–H groups in total. The minimum absolute atomic E-state index is 0.201. The van der Waals surface area contributed by atoms with Crippen LogP contribution in [0.25, 0.3) is 5.82 Å². The van der Waals surface area contributed by atoms with Crippen molar-refractivity contribution in [3.05, 3.63) is 34.7 Å². The lowest BCUT2D eigenvalue weighted by atomic mass is 10.00. The SMILES string of the molecule is O=C1NC(=O)[C@@H]2CN(C(=O)Nc3cnn(-c4ncc(Cl)cc4Cl)c3)C[C@H]12. The highest BCUT2D eigenvalue weighted by molar-refractivity contribution is 6.35. The number of aromatic nitrogens is 3. The number of carbonyl (C=O) groups is 3. The third kappa shape index (κ3) is 2.89. The van der Waals surface area contributed by atoms with Crippen molar-refractivity contribution in [2.24, 2.45) is 11.8 Å². The average molecular weight is 395 g/mol. The molecule has 4 rings (SSSR count). The van der Waals surface area contributed by atoms with E-state index in [1.165, 1.54) is 28.0 Å². The van der Waals surface area contributed by atoms with Gasteiger partial charge in [0.15, 0.2) is 5.82 Å². The van der Waals surface area contributed by atoms with Crippen LogP contribution in [0.1, 0.15) is 0 Å². The van der Waals surface area contributed by atoms with Crippen molar-refractivity contribution < 1.29 is 14.4 Å². The molecular weight excluding hydrogens is 383 g/mol. The van der Waals surface area contributed by atoms with Gasteiger partial charge in [0.25, 0.3) is 0 Å². The number of imide groups is 1. The zero-order chi connectivity index (χ0) is 18.4. The summed E-state index contributed by atoms with van der Waals surface area (Å²) in [4.78, 5) is 41.3. The van der Waals surface area contributed by atoms with E-state index in [1.54, 1.807) is 6.20 Å². The molecule has 26 heavy (non-hydrogen) atoms. The Labute approximate surface area is 157 Å². The summed E-state index contributed by atoms with van der Waals surface area (Å²) in [7, 11) is 0. The van der Waals surface area contributed by atoms with E-state index in [2.05, 4.69) is 20.7 Å². The number of rotatable bonds is 2. The number of nitrogens with zero attached hydrogens (tertiary/aromatic N) is 4. The molecule has 0 bridgehead atoms. The van der Waals surface area contributed by atoms with Crippen molar-refractivity contribution in [2.75, 3.05) is 18.4 Å². The molecule has 0 unspecified atom stereocenters. The van der Waals surface area contributed by atoms with E-state index in [1.807, 2.05) is 0 Å². The number of anilines is 1. The van der Waals surface area contributed by atoms with E-state index < -0.39 is 17.9 Å². The Morgan fingerprint density at radius 2 is 1.88 bits per heavy atom. The van der Waals surface area contributed by atoms with Crippen LogP contribution in [0.5, 0.6) is 0 Å². The summed E-state index contributed by atoms with van der Waals surface area (Å²) < 4.78 is 1.41. The molecule has 4 heterocycles. The molecule has 2 saturated heterocycles. The van der Waals surface area contributed by atoms with Crippen LogP contribution in [-0.4, -0.2) is 50.6 Å². The first-order valence-corrected chi connectivity index (χ1v) is 8.44. The maximum atomic E-state index is 12.4. The minimum atomic E-state index is -0.479. The number of hydrogen-bond acceptors (Lipinski definition) is 5. The Balaban J connectivity index is 1.45. The first kappa shape index (κ1) is 16.8. The van der Waals surface area contributed by atoms with Crippen LogP contribution in [0.15, 0.2) is 24.7 Å². The van der Waals surface area contributed by atoms with E-state index in [9.17, 15) is 14.4 Å². The van der Waals surface area contributed by atoms with Crippen LogP contribution in [-0.2, 0) is 9.59 Å². The maximum absolute atomic E-state index is 12.4. The number of urea groups is 1. The molecule has 11 heteroatoms. The number of hydrogen-bond donors (Lipinski definition) is 2. The number of likely N-dealkylation sites (tertiary alicyclic amines) is 1. The second-order valence-corrected chi connectivity index (χ2v) is 6.88. The van der Waals surface area contributed by atoms with Gasteiger partial charge in [-0.05, 0) is 6.07 Å². The van der Waals surface area contributed by atoms with E-state index in [0.29, 0.717) is 21.6 Å². The predicted octanol–water partition coefficient (Wildman–Crippen LogP) is 1.31. The Kier molecular flexibility index (Phi) is 4.04. The van der Waals surface area contributed by atoms with Crippen LogP contribution in [0.3, 0.4) is 0 Å². The molecule has 134 valence electrons. The molecule has 0 spiro atoms. The second kappa shape index (κ2) is 6.26. The summed E-state index contributed by atoms with van der Waals surface area (Å²) in [6, 6.07) is 1.13. The summed E-state index contributed by atoms with van der Waals surface area (Å²) in [5.74, 6) is -1.24. The van der Waals surface area contributed by atoms with Gasteiger partial charge in [-0.2, -0.15) is 5.10 Å². The quantitative estimate of drug-likeness (QED) is 0.746. The molecule has 2 aromatic heterocycles. The Bertz CT molecular complexity index is 908. The van der Waals surface area contributed by atoms with Crippen molar-refractivity contribution in [2.45, 2.75) is 0 Å². The first-order chi connectivity index (χ1) is 12.4. The molecule has 0 aliphatic carbocycles. The normalized spacial score (nSPS) is 21.7. The lowest BCUT2D eigenvalue weighted by Crippen LogP contribution is -2.37. The number of fused-ring (bicyclic) bond motifs is 1. The van der Waals surface area contributed by atoms with Crippen molar-refractivity contribution >= 4 is 46.7 Å². The van der Waals surface area contributed by atoms with Gasteiger partial charge in [0.1, 0.15) is 0 Å². The van der Waals surface area contributed by atoms with Gasteiger partial charge in [0.2, 0.25) is 11.8 Å². The van der Waals surface area contributed by atoms with Crippen molar-refractivity contribution in [1.29, 1.82) is 0 Å². The van der Waals surface area contributed by atoms with Gasteiger partial charge in [0.05, 0.1) is 40.0 Å². The summed E-state index contributed by atoms with van der Waals surface area (Å²) in [6.07, 6.45) is 4.43. The van der Waals surface area contributed by atoms with Gasteiger partial charge in [0, 0.05) is 19.3 Å². The van der Waals surface area contributed by atoms with Gasteiger partial charge in [-0.15, -0.1) is 0 Å². The topological polar surface area (TPSA) is 109 Å². The zero-order valence-electron chi connectivity index (χ0n) is 13.1. The standard InChI is InChI=1S/C15H12Cl2N6O3/c16-7-1-11(17)12(18-2-7)23-4-8(3-19-23)20-15(26)22-5-9-10(6-22)14(25)21-13(9)24/h1-4,9-10H,5-6H2,(H,20,26)(H,21,24,25)/t9-,10+. The first-order valence-electron chi connectivity index (χ1n) is 7.69. The zero-order valence-corrected chi connectivity index (χ0v) is 14.7. The van der Waals surface area contributed by atoms with Crippen molar-refractivity contribution in [3.63, 3.8) is 0 Å². The Hall–Kier alpha value is -2.65. The van der Waals surface area contributed by atoms with Crippen LogP contribution in [0.4, 0.5) is 10.5 Å². The van der Waals surface area contributed by atoms with Crippen LogP contribution in [0, 0.1) is 11.8 Å².